The molecule has 0 unspecified atom stereocenters. The monoisotopic (exact) mass is 352 g/mol. The van der Waals surface area contributed by atoms with Crippen molar-refractivity contribution in [2.24, 2.45) is 4.99 Å². The summed E-state index contributed by atoms with van der Waals surface area (Å²) in [5.74, 6) is 0.758. The predicted octanol–water partition coefficient (Wildman–Crippen LogP) is 4.63. The van der Waals surface area contributed by atoms with E-state index in [2.05, 4.69) is 0 Å². The van der Waals surface area contributed by atoms with E-state index in [9.17, 15) is 4.79 Å². The number of aryl methyl sites for hydroxylation is 1. The molecule has 2 aromatic rings. The SMILES string of the molecule is CCN1C(=O)/C(=C\c2cccc(OC)c2)SC1=Nc1ccccc1C. The summed E-state index contributed by atoms with van der Waals surface area (Å²) in [6, 6.07) is 15.6. The van der Waals surface area contributed by atoms with Gasteiger partial charge in [0.15, 0.2) is 5.17 Å². The molecule has 0 spiro atoms. The minimum Gasteiger partial charge on any atom is -0.497 e. The van der Waals surface area contributed by atoms with Crippen LogP contribution in [0.4, 0.5) is 5.69 Å². The normalized spacial score (nSPS) is 17.6. The highest BCUT2D eigenvalue weighted by Crippen LogP contribution is 2.34. The van der Waals surface area contributed by atoms with Crippen LogP contribution < -0.4 is 4.74 Å². The lowest BCUT2D eigenvalue weighted by Crippen LogP contribution is -2.28. The molecule has 0 saturated carbocycles. The van der Waals surface area contributed by atoms with Crippen LogP contribution in [-0.4, -0.2) is 29.6 Å². The van der Waals surface area contributed by atoms with E-state index in [-0.39, 0.29) is 5.91 Å². The van der Waals surface area contributed by atoms with Crippen LogP contribution in [0.2, 0.25) is 0 Å². The molecule has 1 aliphatic heterocycles. The molecule has 0 aromatic heterocycles. The lowest BCUT2D eigenvalue weighted by Gasteiger charge is -2.12. The van der Waals surface area contributed by atoms with Crippen LogP contribution in [0, 0.1) is 6.92 Å². The van der Waals surface area contributed by atoms with Gasteiger partial charge in [-0.1, -0.05) is 30.3 Å². The predicted molar refractivity (Wildman–Crippen MR) is 104 cm³/mol. The standard InChI is InChI=1S/C20H20N2O2S/c1-4-22-19(23)18(13-15-9-7-10-16(12-15)24-3)25-20(22)21-17-11-6-5-8-14(17)2/h5-13H,4H2,1-3H3/b18-13+,21-20?. The summed E-state index contributed by atoms with van der Waals surface area (Å²) >= 11 is 1.41. The van der Waals surface area contributed by atoms with E-state index < -0.39 is 0 Å². The third kappa shape index (κ3) is 3.77. The second kappa shape index (κ2) is 7.57. The molecule has 0 atom stereocenters. The number of nitrogens with zero attached hydrogens (tertiary/aromatic N) is 2. The molecular formula is C20H20N2O2S. The molecule has 1 aliphatic rings. The van der Waals surface area contributed by atoms with E-state index in [4.69, 9.17) is 9.73 Å². The number of methoxy groups -OCH3 is 1. The Morgan fingerprint density at radius 2 is 2.00 bits per heavy atom. The molecule has 1 fully saturated rings. The van der Waals surface area contributed by atoms with Crippen LogP contribution in [0.3, 0.4) is 0 Å². The van der Waals surface area contributed by atoms with Crippen molar-refractivity contribution in [3.8, 4) is 5.75 Å². The first-order valence-electron chi connectivity index (χ1n) is 8.12. The number of benzene rings is 2. The van der Waals surface area contributed by atoms with Gasteiger partial charge in [0.2, 0.25) is 0 Å². The molecule has 25 heavy (non-hydrogen) atoms. The van der Waals surface area contributed by atoms with Gasteiger partial charge in [-0.25, -0.2) is 4.99 Å². The molecule has 1 heterocycles. The number of likely N-dealkylation sites (N-methyl/N-ethyl adjacent to an activating group) is 1. The Morgan fingerprint density at radius 3 is 2.72 bits per heavy atom. The number of ether oxygens (including phenoxy) is 1. The van der Waals surface area contributed by atoms with Gasteiger partial charge in [0.1, 0.15) is 5.75 Å². The van der Waals surface area contributed by atoms with Crippen molar-refractivity contribution in [2.45, 2.75) is 13.8 Å². The van der Waals surface area contributed by atoms with Gasteiger partial charge in [0.05, 0.1) is 17.7 Å². The maximum Gasteiger partial charge on any atom is 0.266 e. The van der Waals surface area contributed by atoms with E-state index in [1.165, 1.54) is 11.8 Å². The number of hydrogen-bond acceptors (Lipinski definition) is 4. The van der Waals surface area contributed by atoms with Crippen LogP contribution in [0.15, 0.2) is 58.4 Å². The second-order valence-electron chi connectivity index (χ2n) is 5.62. The molecular weight excluding hydrogens is 332 g/mol. The fraction of sp³-hybridized carbons (Fsp3) is 0.200. The van der Waals surface area contributed by atoms with Gasteiger partial charge in [0, 0.05) is 6.54 Å². The molecule has 0 bridgehead atoms. The van der Waals surface area contributed by atoms with Gasteiger partial charge in [-0.2, -0.15) is 0 Å². The maximum atomic E-state index is 12.7. The molecule has 0 aliphatic carbocycles. The summed E-state index contributed by atoms with van der Waals surface area (Å²) in [6.07, 6.45) is 1.89. The lowest BCUT2D eigenvalue weighted by atomic mass is 10.2. The number of aliphatic imine (C=N–C) groups is 1. The van der Waals surface area contributed by atoms with Crippen molar-refractivity contribution < 1.29 is 9.53 Å². The topological polar surface area (TPSA) is 41.9 Å². The number of amides is 1. The first-order valence-corrected chi connectivity index (χ1v) is 8.94. The van der Waals surface area contributed by atoms with Crippen molar-refractivity contribution in [3.05, 3.63) is 64.6 Å². The summed E-state index contributed by atoms with van der Waals surface area (Å²) in [6.45, 7) is 4.57. The van der Waals surface area contributed by atoms with E-state index in [1.54, 1.807) is 12.0 Å². The van der Waals surface area contributed by atoms with Crippen molar-refractivity contribution in [1.82, 2.24) is 4.90 Å². The van der Waals surface area contributed by atoms with E-state index in [0.29, 0.717) is 11.4 Å². The Labute approximate surface area is 152 Å². The average molecular weight is 352 g/mol. The third-order valence-electron chi connectivity index (χ3n) is 3.93. The van der Waals surface area contributed by atoms with Crippen molar-refractivity contribution >= 4 is 34.6 Å². The lowest BCUT2D eigenvalue weighted by molar-refractivity contribution is -0.122. The maximum absolute atomic E-state index is 12.7. The fourth-order valence-electron chi connectivity index (χ4n) is 2.54. The van der Waals surface area contributed by atoms with E-state index >= 15 is 0 Å². The highest BCUT2D eigenvalue weighted by molar-refractivity contribution is 8.18. The zero-order valence-corrected chi connectivity index (χ0v) is 15.3. The minimum atomic E-state index is -0.0114. The number of carbonyl (C=O) groups excluding carboxylic acids is 1. The van der Waals surface area contributed by atoms with E-state index in [1.807, 2.05) is 68.5 Å². The number of amidine groups is 1. The van der Waals surface area contributed by atoms with Crippen LogP contribution >= 0.6 is 11.8 Å². The van der Waals surface area contributed by atoms with Crippen LogP contribution in [0.1, 0.15) is 18.1 Å². The van der Waals surface area contributed by atoms with Crippen LogP contribution in [0.25, 0.3) is 6.08 Å². The molecule has 1 saturated heterocycles. The summed E-state index contributed by atoms with van der Waals surface area (Å²) in [5.41, 5.74) is 2.91. The summed E-state index contributed by atoms with van der Waals surface area (Å²) in [5, 5.41) is 0.718. The first-order chi connectivity index (χ1) is 12.1. The number of thioether (sulfide) groups is 1. The summed E-state index contributed by atoms with van der Waals surface area (Å²) in [4.78, 5) is 19.8. The highest BCUT2D eigenvalue weighted by Gasteiger charge is 2.32. The molecule has 1 amide bonds. The third-order valence-corrected chi connectivity index (χ3v) is 4.93. The van der Waals surface area contributed by atoms with Crippen LogP contribution in [-0.2, 0) is 4.79 Å². The van der Waals surface area contributed by atoms with Crippen molar-refractivity contribution in [3.63, 3.8) is 0 Å². The Bertz CT molecular complexity index is 858. The number of rotatable bonds is 4. The molecule has 0 N–H and O–H groups in total. The zero-order chi connectivity index (χ0) is 17.8. The quantitative estimate of drug-likeness (QED) is 0.754. The molecule has 5 heteroatoms. The van der Waals surface area contributed by atoms with Gasteiger partial charge in [-0.15, -0.1) is 0 Å². The highest BCUT2D eigenvalue weighted by atomic mass is 32.2. The smallest absolute Gasteiger partial charge is 0.266 e. The van der Waals surface area contributed by atoms with Gasteiger partial charge in [-0.3, -0.25) is 9.69 Å². The minimum absolute atomic E-state index is 0.0114. The zero-order valence-electron chi connectivity index (χ0n) is 14.5. The van der Waals surface area contributed by atoms with Gasteiger partial charge in [0.25, 0.3) is 5.91 Å². The molecule has 0 radical (unpaired) electrons. The van der Waals surface area contributed by atoms with Gasteiger partial charge >= 0.3 is 0 Å². The Balaban J connectivity index is 1.95. The van der Waals surface area contributed by atoms with Crippen molar-refractivity contribution in [2.75, 3.05) is 13.7 Å². The summed E-state index contributed by atoms with van der Waals surface area (Å²) in [7, 11) is 1.63. The largest absolute Gasteiger partial charge is 0.497 e. The Morgan fingerprint density at radius 1 is 1.20 bits per heavy atom. The Hall–Kier alpha value is -2.53. The van der Waals surface area contributed by atoms with Crippen LogP contribution in [0.5, 0.6) is 5.75 Å². The average Bonchev–Trinajstić information content (AvgIpc) is 2.91. The first kappa shape index (κ1) is 17.3. The summed E-state index contributed by atoms with van der Waals surface area (Å²) < 4.78 is 5.25. The number of carbonyl (C=O) groups is 1. The van der Waals surface area contributed by atoms with Gasteiger partial charge in [-0.05, 0) is 61.0 Å². The fourth-order valence-corrected chi connectivity index (χ4v) is 3.60. The molecule has 4 nitrogen and oxygen atoms in total. The van der Waals surface area contributed by atoms with E-state index in [0.717, 1.165) is 27.7 Å². The molecule has 128 valence electrons. The second-order valence-corrected chi connectivity index (χ2v) is 6.63. The molecule has 2 aromatic carbocycles. The van der Waals surface area contributed by atoms with Crippen molar-refractivity contribution in [1.29, 1.82) is 0 Å². The number of para-hydroxylation sites is 1. The number of hydrogen-bond donors (Lipinski definition) is 0. The Kier molecular flexibility index (Phi) is 5.24. The molecule has 3 rings (SSSR count). The van der Waals surface area contributed by atoms with Gasteiger partial charge < -0.3 is 4.74 Å².